The summed E-state index contributed by atoms with van der Waals surface area (Å²) in [5, 5.41) is 12.9. The number of nitrogens with zero attached hydrogens (tertiary/aromatic N) is 2. The first-order chi connectivity index (χ1) is 6.49. The van der Waals surface area contributed by atoms with Crippen LogP contribution in [0.3, 0.4) is 0 Å². The summed E-state index contributed by atoms with van der Waals surface area (Å²) < 4.78 is 19.6. The van der Waals surface area contributed by atoms with Gasteiger partial charge in [-0.1, -0.05) is 0 Å². The Labute approximate surface area is 82.9 Å². The molecular formula is C7H13N3O3S. The second-order valence-electron chi connectivity index (χ2n) is 2.27. The summed E-state index contributed by atoms with van der Waals surface area (Å²) in [6.45, 7) is 1.41. The number of aliphatic hydroxyl groups excluding tert-OH is 1. The van der Waals surface area contributed by atoms with Crippen molar-refractivity contribution in [2.45, 2.75) is 13.5 Å². The number of hydrogen-bond acceptors (Lipinski definition) is 5. The fourth-order valence-corrected chi connectivity index (χ4v) is 0.412. The van der Waals surface area contributed by atoms with Crippen LogP contribution in [0.2, 0.25) is 0 Å². The van der Waals surface area contributed by atoms with Crippen molar-refractivity contribution in [1.29, 1.82) is 0 Å². The lowest BCUT2D eigenvalue weighted by Gasteiger charge is -1.87. The van der Waals surface area contributed by atoms with Crippen LogP contribution in [0, 0.1) is 0 Å². The molecule has 0 saturated heterocycles. The van der Waals surface area contributed by atoms with Crippen LogP contribution in [0.5, 0.6) is 0 Å². The van der Waals surface area contributed by atoms with Gasteiger partial charge in [-0.15, -0.1) is 0 Å². The Hall–Kier alpha value is -1.05. The van der Waals surface area contributed by atoms with E-state index in [0.717, 1.165) is 0 Å². The highest BCUT2D eigenvalue weighted by Gasteiger charge is 1.91. The molecule has 0 unspecified atom stereocenters. The maximum absolute atomic E-state index is 9.78. The van der Waals surface area contributed by atoms with Gasteiger partial charge in [0.05, 0.1) is 5.75 Å². The average molecular weight is 219 g/mol. The van der Waals surface area contributed by atoms with E-state index in [4.69, 9.17) is 5.11 Å². The Bertz CT molecular complexity index is 338. The molecule has 0 fully saturated rings. The summed E-state index contributed by atoms with van der Waals surface area (Å²) in [7, 11) is -3.16. The summed E-state index contributed by atoms with van der Waals surface area (Å²) in [5.74, 6) is 0.486. The van der Waals surface area contributed by atoms with Crippen molar-refractivity contribution in [2.75, 3.05) is 5.75 Å². The van der Waals surface area contributed by atoms with Crippen LogP contribution >= 0.6 is 0 Å². The zero-order valence-corrected chi connectivity index (χ0v) is 8.61. The summed E-state index contributed by atoms with van der Waals surface area (Å²) >= 11 is 0. The summed E-state index contributed by atoms with van der Waals surface area (Å²) in [6, 6.07) is 1.71. The van der Waals surface area contributed by atoms with Crippen molar-refractivity contribution in [3.63, 3.8) is 0 Å². The zero-order valence-electron chi connectivity index (χ0n) is 7.79. The lowest BCUT2D eigenvalue weighted by molar-refractivity contribution is 0.271. The van der Waals surface area contributed by atoms with Crippen molar-refractivity contribution >= 4 is 10.0 Å². The second-order valence-corrected chi connectivity index (χ2v) is 4.18. The fraction of sp³-hybridized carbons (Fsp3) is 0.429. The maximum Gasteiger partial charge on any atom is 0.208 e. The van der Waals surface area contributed by atoms with E-state index in [1.807, 2.05) is 0 Å². The Morgan fingerprint density at radius 1 is 1.43 bits per heavy atom. The van der Waals surface area contributed by atoms with E-state index in [-0.39, 0.29) is 12.4 Å². The van der Waals surface area contributed by atoms with Gasteiger partial charge in [-0.25, -0.2) is 23.5 Å². The molecule has 0 bridgehead atoms. The Morgan fingerprint density at radius 2 is 1.86 bits per heavy atom. The number of aromatic nitrogens is 2. The highest BCUT2D eigenvalue weighted by molar-refractivity contribution is 7.89. The smallest absolute Gasteiger partial charge is 0.208 e. The molecule has 80 valence electrons. The number of rotatable bonds is 2. The predicted octanol–water partition coefficient (Wildman–Crippen LogP) is -0.736. The Morgan fingerprint density at radius 3 is 2.07 bits per heavy atom. The molecular weight excluding hydrogens is 206 g/mol. The number of aliphatic hydroxyl groups is 1. The van der Waals surface area contributed by atoms with Crippen LogP contribution < -0.4 is 5.14 Å². The largest absolute Gasteiger partial charge is 0.388 e. The van der Waals surface area contributed by atoms with Crippen molar-refractivity contribution in [1.82, 2.24) is 9.97 Å². The van der Waals surface area contributed by atoms with Crippen LogP contribution in [0.25, 0.3) is 0 Å². The first-order valence-corrected chi connectivity index (χ1v) is 5.58. The van der Waals surface area contributed by atoms with Gasteiger partial charge in [-0.3, -0.25) is 0 Å². The molecule has 0 amide bonds. The van der Waals surface area contributed by atoms with E-state index in [9.17, 15) is 8.42 Å². The lowest BCUT2D eigenvalue weighted by atomic mass is 10.6. The third kappa shape index (κ3) is 7.59. The standard InChI is InChI=1S/C5H6N2O.C2H7NO2S/c8-4-5-6-2-1-3-7-5;1-2-6(3,4)5/h1-3,8H,4H2;2H2,1H3,(H2,3,4,5). The molecule has 7 heteroatoms. The van der Waals surface area contributed by atoms with Gasteiger partial charge in [-0.2, -0.15) is 0 Å². The topological polar surface area (TPSA) is 106 Å². The summed E-state index contributed by atoms with van der Waals surface area (Å²) in [5.41, 5.74) is 0. The number of hydrogen-bond donors (Lipinski definition) is 2. The molecule has 0 aliphatic heterocycles. The minimum atomic E-state index is -3.16. The molecule has 1 aromatic heterocycles. The summed E-state index contributed by atoms with van der Waals surface area (Å²) in [4.78, 5) is 7.47. The molecule has 1 rings (SSSR count). The minimum Gasteiger partial charge on any atom is -0.388 e. The molecule has 1 aromatic rings. The SMILES string of the molecule is CCS(N)(=O)=O.OCc1ncccn1. The van der Waals surface area contributed by atoms with Crippen LogP contribution in [-0.4, -0.2) is 29.2 Å². The number of nitrogens with two attached hydrogens (primary N) is 1. The summed E-state index contributed by atoms with van der Waals surface area (Å²) in [6.07, 6.45) is 3.19. The third-order valence-corrected chi connectivity index (χ3v) is 1.97. The van der Waals surface area contributed by atoms with Gasteiger partial charge in [-0.05, 0) is 13.0 Å². The third-order valence-electron chi connectivity index (χ3n) is 1.16. The van der Waals surface area contributed by atoms with Gasteiger partial charge in [0.25, 0.3) is 0 Å². The molecule has 14 heavy (non-hydrogen) atoms. The van der Waals surface area contributed by atoms with E-state index >= 15 is 0 Å². The van der Waals surface area contributed by atoms with Gasteiger partial charge >= 0.3 is 0 Å². The molecule has 3 N–H and O–H groups in total. The van der Waals surface area contributed by atoms with E-state index in [0.29, 0.717) is 5.82 Å². The molecule has 0 aliphatic rings. The molecule has 0 aromatic carbocycles. The average Bonchev–Trinajstić information content (AvgIpc) is 2.19. The molecule has 1 heterocycles. The molecule has 0 spiro atoms. The van der Waals surface area contributed by atoms with Crippen molar-refractivity contribution in [3.8, 4) is 0 Å². The van der Waals surface area contributed by atoms with Crippen LogP contribution in [0.4, 0.5) is 0 Å². The fourth-order valence-electron chi connectivity index (χ4n) is 0.412. The second kappa shape index (κ2) is 6.41. The van der Waals surface area contributed by atoms with Gasteiger partial charge < -0.3 is 5.11 Å². The molecule has 0 radical (unpaired) electrons. The van der Waals surface area contributed by atoms with Crippen LogP contribution in [0.15, 0.2) is 18.5 Å². The van der Waals surface area contributed by atoms with Crippen LogP contribution in [0.1, 0.15) is 12.7 Å². The lowest BCUT2D eigenvalue weighted by Crippen LogP contribution is -2.13. The van der Waals surface area contributed by atoms with Crippen molar-refractivity contribution in [2.24, 2.45) is 5.14 Å². The van der Waals surface area contributed by atoms with Gasteiger partial charge in [0.1, 0.15) is 6.61 Å². The molecule has 0 saturated carbocycles. The maximum atomic E-state index is 9.78. The van der Waals surface area contributed by atoms with Gasteiger partial charge in [0, 0.05) is 12.4 Å². The Balaban J connectivity index is 0.000000255. The quantitative estimate of drug-likeness (QED) is 0.681. The first kappa shape index (κ1) is 12.9. The highest BCUT2D eigenvalue weighted by atomic mass is 32.2. The van der Waals surface area contributed by atoms with E-state index < -0.39 is 10.0 Å². The van der Waals surface area contributed by atoms with Gasteiger partial charge in [0.15, 0.2) is 5.82 Å². The number of sulfonamides is 1. The molecule has 0 aliphatic carbocycles. The normalized spacial score (nSPS) is 10.2. The molecule has 6 nitrogen and oxygen atoms in total. The molecule has 0 atom stereocenters. The van der Waals surface area contributed by atoms with E-state index in [2.05, 4.69) is 15.1 Å². The van der Waals surface area contributed by atoms with E-state index in [1.165, 1.54) is 6.92 Å². The van der Waals surface area contributed by atoms with Crippen LogP contribution in [-0.2, 0) is 16.6 Å². The predicted molar refractivity (Wildman–Crippen MR) is 51.6 cm³/mol. The minimum absolute atomic E-state index is 0.0208. The highest BCUT2D eigenvalue weighted by Crippen LogP contribution is 1.83. The Kier molecular flexibility index (Phi) is 5.93. The monoisotopic (exact) mass is 219 g/mol. The van der Waals surface area contributed by atoms with Crippen molar-refractivity contribution in [3.05, 3.63) is 24.3 Å². The first-order valence-electron chi connectivity index (χ1n) is 3.86. The van der Waals surface area contributed by atoms with E-state index in [1.54, 1.807) is 18.5 Å². The zero-order chi connectivity index (χ0) is 11.0. The van der Waals surface area contributed by atoms with Gasteiger partial charge in [0.2, 0.25) is 10.0 Å². The van der Waals surface area contributed by atoms with Crippen molar-refractivity contribution < 1.29 is 13.5 Å². The number of primary sulfonamides is 1.